The molecule has 0 spiro atoms. The molecule has 7 nitrogen and oxygen atoms in total. The zero-order valence-electron chi connectivity index (χ0n) is 25.7. The molecule has 14 heteroatoms. The second-order valence-corrected chi connectivity index (χ2v) is 11.2. The lowest BCUT2D eigenvalue weighted by atomic mass is 9.97. The van der Waals surface area contributed by atoms with E-state index in [0.717, 1.165) is 22.9 Å². The average Bonchev–Trinajstić information content (AvgIpc) is 3.38. The van der Waals surface area contributed by atoms with Crippen molar-refractivity contribution in [2.75, 3.05) is 19.0 Å². The summed E-state index contributed by atoms with van der Waals surface area (Å²) in [7, 11) is 1.37. The molecule has 0 unspecified atom stereocenters. The van der Waals surface area contributed by atoms with Crippen molar-refractivity contribution in [2.45, 2.75) is 58.6 Å². The normalized spacial score (nSPS) is 13.8. The lowest BCUT2D eigenvalue weighted by molar-refractivity contribution is -0.143. The first-order chi connectivity index (χ1) is 22.2. The third-order valence-corrected chi connectivity index (χ3v) is 8.23. The molecule has 0 saturated heterocycles. The van der Waals surface area contributed by atoms with Crippen LogP contribution in [0.2, 0.25) is 0 Å². The maximum absolute atomic E-state index is 15.5. The smallest absolute Gasteiger partial charge is 0.416 e. The van der Waals surface area contributed by atoms with Gasteiger partial charge in [0.1, 0.15) is 11.6 Å². The second-order valence-electron chi connectivity index (χ2n) is 11.2. The van der Waals surface area contributed by atoms with E-state index in [1.807, 2.05) is 32.0 Å². The van der Waals surface area contributed by atoms with E-state index in [-0.39, 0.29) is 48.3 Å². The molecule has 250 valence electrons. The summed E-state index contributed by atoms with van der Waals surface area (Å²) in [6.45, 7) is 4.00. The number of carbonyl (C=O) groups excluding carboxylic acids is 1. The molecule has 2 amide bonds. The van der Waals surface area contributed by atoms with E-state index in [1.54, 1.807) is 9.58 Å². The van der Waals surface area contributed by atoms with E-state index < -0.39 is 35.3 Å². The Morgan fingerprint density at radius 1 is 0.979 bits per heavy atom. The SMILES string of the molecule is CCc1cccc(CC)c1-n1nc2c(c1-c1cc(F)c(NC(N)=O)cc1OC)CN(Cc1ccc(C(F)(F)F)cc1C(F)(F)F)CC2. The molecule has 1 aliphatic rings. The number of nitrogens with zero attached hydrogens (tertiary/aromatic N) is 3. The van der Waals surface area contributed by atoms with Gasteiger partial charge in [-0.3, -0.25) is 4.90 Å². The number of urea groups is 1. The van der Waals surface area contributed by atoms with Crippen LogP contribution >= 0.6 is 0 Å². The quantitative estimate of drug-likeness (QED) is 0.188. The minimum Gasteiger partial charge on any atom is -0.496 e. The van der Waals surface area contributed by atoms with Crippen molar-refractivity contribution in [3.63, 3.8) is 0 Å². The molecule has 47 heavy (non-hydrogen) atoms. The van der Waals surface area contributed by atoms with Crippen LogP contribution in [0.4, 0.5) is 41.2 Å². The van der Waals surface area contributed by atoms with Crippen molar-refractivity contribution in [1.29, 1.82) is 0 Å². The highest BCUT2D eigenvalue weighted by Crippen LogP contribution is 2.42. The molecule has 4 aromatic rings. The van der Waals surface area contributed by atoms with Crippen LogP contribution in [0.25, 0.3) is 16.9 Å². The number of benzene rings is 3. The molecular weight excluding hydrogens is 631 g/mol. The predicted octanol–water partition coefficient (Wildman–Crippen LogP) is 7.90. The number of primary amides is 1. The van der Waals surface area contributed by atoms with Crippen molar-refractivity contribution >= 4 is 11.7 Å². The van der Waals surface area contributed by atoms with Crippen LogP contribution < -0.4 is 15.8 Å². The predicted molar refractivity (Wildman–Crippen MR) is 162 cm³/mol. The minimum absolute atomic E-state index is 0.0603. The summed E-state index contributed by atoms with van der Waals surface area (Å²) in [4.78, 5) is 13.2. The number of nitrogens with one attached hydrogen (secondary N) is 1. The Kier molecular flexibility index (Phi) is 9.26. The molecule has 0 radical (unpaired) electrons. The van der Waals surface area contributed by atoms with E-state index in [9.17, 15) is 31.1 Å². The van der Waals surface area contributed by atoms with E-state index in [1.165, 1.54) is 19.2 Å². The van der Waals surface area contributed by atoms with Gasteiger partial charge < -0.3 is 15.8 Å². The number of rotatable bonds is 8. The first-order valence-electron chi connectivity index (χ1n) is 14.8. The number of carbonyl (C=O) groups is 1. The Balaban J connectivity index is 1.68. The van der Waals surface area contributed by atoms with Crippen LogP contribution in [0.5, 0.6) is 5.75 Å². The number of para-hydroxylation sites is 1. The van der Waals surface area contributed by atoms with E-state index in [4.69, 9.17) is 15.6 Å². The number of fused-ring (bicyclic) bond motifs is 1. The zero-order valence-corrected chi connectivity index (χ0v) is 25.7. The molecule has 0 atom stereocenters. The second kappa shape index (κ2) is 12.9. The lowest BCUT2D eigenvalue weighted by Gasteiger charge is -2.28. The minimum atomic E-state index is -5.01. The monoisotopic (exact) mass is 663 g/mol. The van der Waals surface area contributed by atoms with Crippen LogP contribution in [0.1, 0.15) is 52.9 Å². The molecule has 1 aromatic heterocycles. The van der Waals surface area contributed by atoms with Gasteiger partial charge in [-0.1, -0.05) is 38.1 Å². The summed E-state index contributed by atoms with van der Waals surface area (Å²) >= 11 is 0. The van der Waals surface area contributed by atoms with Crippen LogP contribution in [0, 0.1) is 5.82 Å². The summed E-state index contributed by atoms with van der Waals surface area (Å²) in [5.41, 5.74) is 6.56. The number of amides is 2. The first-order valence-corrected chi connectivity index (χ1v) is 14.8. The molecule has 0 bridgehead atoms. The largest absolute Gasteiger partial charge is 0.496 e. The van der Waals surface area contributed by atoms with Gasteiger partial charge >= 0.3 is 18.4 Å². The first kappa shape index (κ1) is 33.8. The van der Waals surface area contributed by atoms with Gasteiger partial charge in [-0.15, -0.1) is 0 Å². The van der Waals surface area contributed by atoms with E-state index in [2.05, 4.69) is 5.32 Å². The molecule has 1 aliphatic heterocycles. The number of nitrogens with two attached hydrogens (primary N) is 1. The van der Waals surface area contributed by atoms with Gasteiger partial charge in [-0.25, -0.2) is 13.9 Å². The van der Waals surface area contributed by atoms with Crippen molar-refractivity contribution in [2.24, 2.45) is 5.73 Å². The third kappa shape index (κ3) is 6.78. The van der Waals surface area contributed by atoms with Gasteiger partial charge in [0.15, 0.2) is 0 Å². The number of aryl methyl sites for hydroxylation is 2. The van der Waals surface area contributed by atoms with Crippen molar-refractivity contribution in [3.8, 4) is 22.7 Å². The van der Waals surface area contributed by atoms with Gasteiger partial charge in [0.2, 0.25) is 0 Å². The molecule has 0 saturated carbocycles. The van der Waals surface area contributed by atoms with Gasteiger partial charge in [-0.2, -0.15) is 31.4 Å². The van der Waals surface area contributed by atoms with Gasteiger partial charge in [0.05, 0.1) is 41.0 Å². The van der Waals surface area contributed by atoms with Crippen LogP contribution in [0.3, 0.4) is 0 Å². The summed E-state index contributed by atoms with van der Waals surface area (Å²) in [5.74, 6) is -0.641. The Morgan fingerprint density at radius 2 is 1.66 bits per heavy atom. The number of alkyl halides is 6. The van der Waals surface area contributed by atoms with Gasteiger partial charge in [0.25, 0.3) is 0 Å². The Labute approximate surface area is 266 Å². The molecule has 0 fully saturated rings. The van der Waals surface area contributed by atoms with Gasteiger partial charge in [-0.05, 0) is 47.7 Å². The number of hydrogen-bond acceptors (Lipinski definition) is 4. The standard InChI is InChI=1S/C33H32F7N5O2/c1-4-18-7-6-8-19(5-2)29(18)45-30(22-14-25(34)27(42-31(41)46)15-28(22)47-3)23-17-44(12-11-26(23)43-45)16-20-9-10-21(32(35,36)37)13-24(20)33(38,39)40/h6-10,13-15H,4-5,11-12,16-17H2,1-3H3,(H3,41,42,46). The molecule has 3 aromatic carbocycles. The summed E-state index contributed by atoms with van der Waals surface area (Å²) < 4.78 is 105. The number of ether oxygens (including phenoxy) is 1. The topological polar surface area (TPSA) is 85.4 Å². The highest BCUT2D eigenvalue weighted by atomic mass is 19.4. The number of methoxy groups -OCH3 is 1. The molecule has 3 N–H and O–H groups in total. The molecular formula is C33H32F7N5O2. The fourth-order valence-electron chi connectivity index (χ4n) is 6.02. The van der Waals surface area contributed by atoms with Crippen molar-refractivity contribution in [3.05, 3.63) is 93.4 Å². The van der Waals surface area contributed by atoms with Crippen LogP contribution in [-0.4, -0.2) is 34.4 Å². The van der Waals surface area contributed by atoms with Gasteiger partial charge in [0, 0.05) is 43.2 Å². The Morgan fingerprint density at radius 3 is 2.23 bits per heavy atom. The molecule has 2 heterocycles. The number of hydrogen-bond donors (Lipinski definition) is 2. The molecule has 0 aliphatic carbocycles. The van der Waals surface area contributed by atoms with Crippen LogP contribution in [0.15, 0.2) is 48.5 Å². The number of anilines is 1. The summed E-state index contributed by atoms with van der Waals surface area (Å²) in [6, 6.07) is 8.95. The summed E-state index contributed by atoms with van der Waals surface area (Å²) in [5, 5.41) is 7.17. The fourth-order valence-corrected chi connectivity index (χ4v) is 6.02. The Hall–Kier alpha value is -4.59. The highest BCUT2D eigenvalue weighted by molar-refractivity contribution is 5.89. The zero-order chi connectivity index (χ0) is 34.3. The maximum Gasteiger partial charge on any atom is 0.416 e. The van der Waals surface area contributed by atoms with E-state index in [0.29, 0.717) is 42.3 Å². The maximum atomic E-state index is 15.5. The number of halogens is 7. The third-order valence-electron chi connectivity index (χ3n) is 8.23. The highest BCUT2D eigenvalue weighted by Gasteiger charge is 2.39. The molecule has 5 rings (SSSR count). The van der Waals surface area contributed by atoms with Crippen LogP contribution in [-0.2, 0) is 44.7 Å². The van der Waals surface area contributed by atoms with Crippen molar-refractivity contribution < 1.29 is 40.3 Å². The summed E-state index contributed by atoms with van der Waals surface area (Å²) in [6.07, 6.45) is -8.37. The van der Waals surface area contributed by atoms with Crippen molar-refractivity contribution in [1.82, 2.24) is 14.7 Å². The Bertz CT molecular complexity index is 1790. The lowest BCUT2D eigenvalue weighted by Crippen LogP contribution is -2.31. The fraction of sp³-hybridized carbons (Fsp3) is 0.333. The van der Waals surface area contributed by atoms with E-state index >= 15 is 4.39 Å². The number of aromatic nitrogens is 2. The average molecular weight is 664 g/mol.